The lowest BCUT2D eigenvalue weighted by Crippen LogP contribution is -2.41. The zero-order valence-corrected chi connectivity index (χ0v) is 12.8. The third kappa shape index (κ3) is 2.01. The van der Waals surface area contributed by atoms with Crippen LogP contribution in [-0.2, 0) is 4.79 Å². The molecule has 0 aromatic rings. The molecule has 0 radical (unpaired) electrons. The van der Waals surface area contributed by atoms with Crippen molar-refractivity contribution < 1.29 is 4.79 Å². The molecule has 2 aliphatic heterocycles. The summed E-state index contributed by atoms with van der Waals surface area (Å²) in [5.41, 5.74) is 0. The molecule has 5 atom stereocenters. The third-order valence-electron chi connectivity index (χ3n) is 5.80. The fraction of sp³-hybridized carbons (Fsp3) is 0.867. The van der Waals surface area contributed by atoms with Gasteiger partial charge in [0.2, 0.25) is 5.91 Å². The number of hydrogen-bond donors (Lipinski definition) is 2. The smallest absolute Gasteiger partial charge is 0.242 e. The monoisotopic (exact) mass is 293 g/mol. The normalized spacial score (nSPS) is 49.2. The van der Waals surface area contributed by atoms with E-state index in [4.69, 9.17) is 4.99 Å². The number of nitrogens with one attached hydrogen (secondary N) is 2. The average molecular weight is 293 g/mol. The maximum atomic E-state index is 12.4. The van der Waals surface area contributed by atoms with Crippen molar-refractivity contribution in [2.45, 2.75) is 49.8 Å². The first-order valence-corrected chi connectivity index (χ1v) is 8.76. The van der Waals surface area contributed by atoms with E-state index in [0.29, 0.717) is 12.0 Å². The van der Waals surface area contributed by atoms with Gasteiger partial charge in [0.15, 0.2) is 5.17 Å². The number of aliphatic imine (C=N–C) groups is 1. The average Bonchev–Trinajstić information content (AvgIpc) is 3.16. The van der Waals surface area contributed by atoms with Crippen LogP contribution in [0.4, 0.5) is 0 Å². The van der Waals surface area contributed by atoms with Crippen LogP contribution in [0.5, 0.6) is 0 Å². The van der Waals surface area contributed by atoms with Crippen molar-refractivity contribution in [1.82, 2.24) is 10.6 Å². The number of carbonyl (C=O) groups is 1. The van der Waals surface area contributed by atoms with Gasteiger partial charge >= 0.3 is 0 Å². The molecule has 0 aromatic carbocycles. The molecule has 2 saturated heterocycles. The van der Waals surface area contributed by atoms with Crippen LogP contribution in [-0.4, -0.2) is 35.0 Å². The first-order valence-electron chi connectivity index (χ1n) is 7.94. The highest BCUT2D eigenvalue weighted by Crippen LogP contribution is 2.47. The van der Waals surface area contributed by atoms with Crippen LogP contribution < -0.4 is 10.6 Å². The molecule has 0 aromatic heterocycles. The second kappa shape index (κ2) is 4.73. The van der Waals surface area contributed by atoms with Crippen molar-refractivity contribution >= 4 is 22.8 Å². The number of amidine groups is 1. The zero-order valence-electron chi connectivity index (χ0n) is 12.0. The minimum Gasteiger partial charge on any atom is -0.316 e. The van der Waals surface area contributed by atoms with Crippen LogP contribution in [0.2, 0.25) is 0 Å². The summed E-state index contributed by atoms with van der Waals surface area (Å²) in [5.74, 6) is 2.28. The first-order chi connectivity index (χ1) is 9.65. The second-order valence-corrected chi connectivity index (χ2v) is 8.47. The number of thioether (sulfide) groups is 1. The lowest BCUT2D eigenvalue weighted by atomic mass is 9.91. The van der Waals surface area contributed by atoms with Gasteiger partial charge in [-0.15, -0.1) is 0 Å². The first kappa shape index (κ1) is 13.1. The Morgan fingerprint density at radius 3 is 2.85 bits per heavy atom. The van der Waals surface area contributed by atoms with E-state index in [0.717, 1.165) is 36.5 Å². The molecule has 2 heterocycles. The Balaban J connectivity index is 1.50. The molecule has 1 amide bonds. The number of hydrogen-bond acceptors (Lipinski definition) is 4. The topological polar surface area (TPSA) is 53.5 Å². The zero-order chi connectivity index (χ0) is 13.7. The predicted molar refractivity (Wildman–Crippen MR) is 81.8 cm³/mol. The van der Waals surface area contributed by atoms with Gasteiger partial charge in [0.1, 0.15) is 4.75 Å². The van der Waals surface area contributed by atoms with Crippen molar-refractivity contribution in [3.63, 3.8) is 0 Å². The molecule has 20 heavy (non-hydrogen) atoms. The highest BCUT2D eigenvalue weighted by molar-refractivity contribution is 8.16. The van der Waals surface area contributed by atoms with Gasteiger partial charge in [-0.1, -0.05) is 18.2 Å². The quantitative estimate of drug-likeness (QED) is 0.816. The summed E-state index contributed by atoms with van der Waals surface area (Å²) in [6.45, 7) is 4.08. The van der Waals surface area contributed by atoms with Crippen LogP contribution in [0.25, 0.3) is 0 Å². The number of nitrogens with zero attached hydrogens (tertiary/aromatic N) is 1. The lowest BCUT2D eigenvalue weighted by molar-refractivity contribution is -0.122. The molecule has 2 aliphatic carbocycles. The van der Waals surface area contributed by atoms with Crippen LogP contribution in [0.15, 0.2) is 4.99 Å². The third-order valence-corrected chi connectivity index (χ3v) is 7.15. The maximum Gasteiger partial charge on any atom is 0.242 e. The number of rotatable bonds is 2. The molecule has 4 aliphatic rings. The van der Waals surface area contributed by atoms with Gasteiger partial charge in [0.05, 0.1) is 6.04 Å². The SMILES string of the molecule is CC1(C2CCNC2)SC(=N[C@H]2C[C@@H]3CC[C@H]2C3)NC1=O. The van der Waals surface area contributed by atoms with Crippen molar-refractivity contribution in [3.05, 3.63) is 0 Å². The number of fused-ring (bicyclic) bond motifs is 2. The Kier molecular flexibility index (Phi) is 3.11. The van der Waals surface area contributed by atoms with Crippen LogP contribution in [0.1, 0.15) is 39.0 Å². The number of carbonyl (C=O) groups excluding carboxylic acids is 1. The van der Waals surface area contributed by atoms with Gasteiger partial charge in [-0.05, 0) is 63.5 Å². The van der Waals surface area contributed by atoms with E-state index in [1.165, 1.54) is 25.7 Å². The van der Waals surface area contributed by atoms with E-state index < -0.39 is 0 Å². The minimum absolute atomic E-state index is 0.165. The Morgan fingerprint density at radius 2 is 2.20 bits per heavy atom. The standard InChI is InChI=1S/C15H23N3OS/c1-15(11-4-5-16-8-11)13(19)18-14(20-15)17-12-7-9-2-3-10(12)6-9/h9-12,16H,2-8H2,1H3,(H,17,18,19)/t9-,10+,11?,12+,15?/m1/s1. The Bertz CT molecular complexity index is 460. The molecule has 2 saturated carbocycles. The summed E-state index contributed by atoms with van der Waals surface area (Å²) < 4.78 is -0.319. The van der Waals surface area contributed by atoms with E-state index in [-0.39, 0.29) is 10.7 Å². The summed E-state index contributed by atoms with van der Waals surface area (Å²) >= 11 is 1.68. The van der Waals surface area contributed by atoms with E-state index in [1.807, 2.05) is 0 Å². The molecular weight excluding hydrogens is 270 g/mol. The van der Waals surface area contributed by atoms with Gasteiger partial charge in [-0.25, -0.2) is 0 Å². The second-order valence-electron chi connectivity index (χ2n) is 7.03. The van der Waals surface area contributed by atoms with Crippen LogP contribution in [0.3, 0.4) is 0 Å². The molecule has 4 nitrogen and oxygen atoms in total. The van der Waals surface area contributed by atoms with Crippen molar-refractivity contribution in [2.24, 2.45) is 22.7 Å². The molecule has 110 valence electrons. The van der Waals surface area contributed by atoms with Gasteiger partial charge < -0.3 is 10.6 Å². The van der Waals surface area contributed by atoms with Gasteiger partial charge in [-0.3, -0.25) is 9.79 Å². The highest BCUT2D eigenvalue weighted by Gasteiger charge is 2.50. The Hall–Kier alpha value is -0.550. The molecule has 2 unspecified atom stereocenters. The van der Waals surface area contributed by atoms with Gasteiger partial charge in [0.25, 0.3) is 0 Å². The summed E-state index contributed by atoms with van der Waals surface area (Å²) in [7, 11) is 0. The van der Waals surface area contributed by atoms with E-state index in [1.54, 1.807) is 11.8 Å². The van der Waals surface area contributed by atoms with Crippen molar-refractivity contribution in [1.29, 1.82) is 0 Å². The summed E-state index contributed by atoms with van der Waals surface area (Å²) in [6.07, 6.45) is 6.44. The fourth-order valence-electron chi connectivity index (χ4n) is 4.47. The van der Waals surface area contributed by atoms with Crippen molar-refractivity contribution in [2.75, 3.05) is 13.1 Å². The number of amides is 1. The summed E-state index contributed by atoms with van der Waals surface area (Å²) in [5, 5.41) is 7.32. The van der Waals surface area contributed by atoms with E-state index in [9.17, 15) is 4.79 Å². The molecule has 5 heteroatoms. The van der Waals surface area contributed by atoms with E-state index >= 15 is 0 Å². The van der Waals surface area contributed by atoms with Gasteiger partial charge in [-0.2, -0.15) is 0 Å². The van der Waals surface area contributed by atoms with Crippen LogP contribution in [0, 0.1) is 17.8 Å². The Morgan fingerprint density at radius 1 is 1.30 bits per heavy atom. The van der Waals surface area contributed by atoms with Gasteiger partial charge in [0, 0.05) is 0 Å². The highest BCUT2D eigenvalue weighted by atomic mass is 32.2. The largest absolute Gasteiger partial charge is 0.316 e. The molecule has 2 bridgehead atoms. The molecule has 4 rings (SSSR count). The summed E-state index contributed by atoms with van der Waals surface area (Å²) in [6, 6.07) is 0.473. The van der Waals surface area contributed by atoms with E-state index in [2.05, 4.69) is 17.6 Å². The lowest BCUT2D eigenvalue weighted by Gasteiger charge is -2.25. The molecular formula is C15H23N3OS. The van der Waals surface area contributed by atoms with Crippen molar-refractivity contribution in [3.8, 4) is 0 Å². The molecule has 0 spiro atoms. The maximum absolute atomic E-state index is 12.4. The predicted octanol–water partition coefficient (Wildman–Crippen LogP) is 1.76. The fourth-order valence-corrected chi connectivity index (χ4v) is 5.71. The summed E-state index contributed by atoms with van der Waals surface area (Å²) in [4.78, 5) is 17.3. The molecule has 2 N–H and O–H groups in total. The van der Waals surface area contributed by atoms with Crippen LogP contribution >= 0.6 is 11.8 Å². The molecule has 4 fully saturated rings. The minimum atomic E-state index is -0.319. The Labute approximate surface area is 124 Å².